The molecule has 1 heterocycles. The quantitative estimate of drug-likeness (QED) is 0.923. The van der Waals surface area contributed by atoms with Crippen molar-refractivity contribution < 1.29 is 18.3 Å². The molecule has 1 aromatic heterocycles. The minimum Gasteiger partial charge on any atom is -0.390 e. The van der Waals surface area contributed by atoms with Gasteiger partial charge in [-0.1, -0.05) is 15.9 Å². The van der Waals surface area contributed by atoms with Gasteiger partial charge in [0.25, 0.3) is 0 Å². The van der Waals surface area contributed by atoms with E-state index in [9.17, 15) is 13.2 Å². The predicted molar refractivity (Wildman–Crippen MR) is 62.2 cm³/mol. The van der Waals surface area contributed by atoms with Gasteiger partial charge in [-0.2, -0.15) is 18.3 Å². The Hall–Kier alpha value is -1.34. The Kier molecular flexibility index (Phi) is 3.45. The third-order valence-corrected chi connectivity index (χ3v) is 2.74. The molecule has 0 bridgehead atoms. The Morgan fingerprint density at radius 1 is 1.28 bits per heavy atom. The van der Waals surface area contributed by atoms with E-state index in [-0.39, 0.29) is 12.3 Å². The molecule has 0 saturated heterocycles. The summed E-state index contributed by atoms with van der Waals surface area (Å²) in [4.78, 5) is 0. The monoisotopic (exact) mass is 320 g/mol. The summed E-state index contributed by atoms with van der Waals surface area (Å²) < 4.78 is 39.5. The predicted octanol–water partition coefficient (Wildman–Crippen LogP) is 3.15. The van der Waals surface area contributed by atoms with Gasteiger partial charge in [0.1, 0.15) is 0 Å². The summed E-state index contributed by atoms with van der Waals surface area (Å²) in [7, 11) is 0. The number of hydrogen-bond donors (Lipinski definition) is 1. The molecule has 0 saturated carbocycles. The smallest absolute Gasteiger partial charge is 0.390 e. The van der Waals surface area contributed by atoms with E-state index in [0.717, 1.165) is 12.1 Å². The molecule has 0 aliphatic rings. The molecule has 7 heteroatoms. The average Bonchev–Trinajstić information content (AvgIpc) is 2.75. The van der Waals surface area contributed by atoms with Crippen molar-refractivity contribution in [1.82, 2.24) is 9.78 Å². The SMILES string of the molecule is OCc1ccn(-c2cc(Br)cc(C(F)(F)F)c2)n1. The fourth-order valence-corrected chi connectivity index (χ4v) is 1.94. The Morgan fingerprint density at radius 2 is 2.00 bits per heavy atom. The second kappa shape index (κ2) is 4.74. The van der Waals surface area contributed by atoms with Crippen molar-refractivity contribution in [3.8, 4) is 5.69 Å². The van der Waals surface area contributed by atoms with E-state index in [2.05, 4.69) is 21.0 Å². The molecule has 0 aliphatic carbocycles. The number of alkyl halides is 3. The van der Waals surface area contributed by atoms with Crippen LogP contribution in [0.3, 0.4) is 0 Å². The van der Waals surface area contributed by atoms with Crippen molar-refractivity contribution in [3.05, 3.63) is 46.2 Å². The van der Waals surface area contributed by atoms with Crippen LogP contribution in [0.4, 0.5) is 13.2 Å². The molecule has 0 spiro atoms. The maximum atomic E-state index is 12.6. The first-order chi connectivity index (χ1) is 8.40. The fraction of sp³-hybridized carbons (Fsp3) is 0.182. The third kappa shape index (κ3) is 2.73. The molecule has 2 aromatic rings. The first-order valence-electron chi connectivity index (χ1n) is 4.94. The fourth-order valence-electron chi connectivity index (χ4n) is 1.46. The number of nitrogens with zero attached hydrogens (tertiary/aromatic N) is 2. The van der Waals surface area contributed by atoms with Crippen molar-refractivity contribution in [2.45, 2.75) is 12.8 Å². The van der Waals surface area contributed by atoms with E-state index >= 15 is 0 Å². The summed E-state index contributed by atoms with van der Waals surface area (Å²) in [6, 6.07) is 5.05. The highest BCUT2D eigenvalue weighted by molar-refractivity contribution is 9.10. The molecule has 0 atom stereocenters. The minimum atomic E-state index is -4.41. The van der Waals surface area contributed by atoms with Crippen molar-refractivity contribution in [2.24, 2.45) is 0 Å². The summed E-state index contributed by atoms with van der Waals surface area (Å²) in [6.45, 7) is -0.257. The number of aromatic nitrogens is 2. The van der Waals surface area contributed by atoms with Crippen LogP contribution in [-0.2, 0) is 12.8 Å². The van der Waals surface area contributed by atoms with Crippen LogP contribution >= 0.6 is 15.9 Å². The molecular weight excluding hydrogens is 313 g/mol. The van der Waals surface area contributed by atoms with E-state index in [1.54, 1.807) is 0 Å². The Labute approximate surface area is 109 Å². The molecule has 18 heavy (non-hydrogen) atoms. The Balaban J connectivity index is 2.48. The molecule has 3 nitrogen and oxygen atoms in total. The summed E-state index contributed by atoms with van der Waals surface area (Å²) in [5, 5.41) is 12.8. The lowest BCUT2D eigenvalue weighted by Crippen LogP contribution is -2.07. The zero-order valence-electron chi connectivity index (χ0n) is 8.95. The van der Waals surface area contributed by atoms with Crippen LogP contribution in [0.2, 0.25) is 0 Å². The van der Waals surface area contributed by atoms with E-state index in [1.807, 2.05) is 0 Å². The highest BCUT2D eigenvalue weighted by Gasteiger charge is 2.31. The number of rotatable bonds is 2. The molecule has 2 rings (SSSR count). The van der Waals surface area contributed by atoms with Crippen LogP contribution in [0.1, 0.15) is 11.3 Å². The zero-order valence-corrected chi connectivity index (χ0v) is 10.5. The molecule has 0 fully saturated rings. The van der Waals surface area contributed by atoms with Crippen LogP contribution < -0.4 is 0 Å². The van der Waals surface area contributed by atoms with Crippen molar-refractivity contribution in [3.63, 3.8) is 0 Å². The van der Waals surface area contributed by atoms with Crippen molar-refractivity contribution >= 4 is 15.9 Å². The second-order valence-corrected chi connectivity index (χ2v) is 4.52. The Morgan fingerprint density at radius 3 is 2.56 bits per heavy atom. The summed E-state index contributed by atoms with van der Waals surface area (Å²) in [5.41, 5.74) is -0.0899. The van der Waals surface area contributed by atoms with Gasteiger partial charge in [0.2, 0.25) is 0 Å². The highest BCUT2D eigenvalue weighted by Crippen LogP contribution is 2.32. The van der Waals surface area contributed by atoms with Gasteiger partial charge in [0.05, 0.1) is 23.6 Å². The van der Waals surface area contributed by atoms with Gasteiger partial charge in [-0.25, -0.2) is 4.68 Å². The molecule has 0 unspecified atom stereocenters. The molecule has 1 N–H and O–H groups in total. The third-order valence-electron chi connectivity index (χ3n) is 2.28. The highest BCUT2D eigenvalue weighted by atomic mass is 79.9. The first-order valence-corrected chi connectivity index (χ1v) is 5.73. The topological polar surface area (TPSA) is 38.0 Å². The summed E-state index contributed by atoms with van der Waals surface area (Å²) in [6.07, 6.45) is -2.92. The molecule has 0 aliphatic heterocycles. The van der Waals surface area contributed by atoms with E-state index in [4.69, 9.17) is 5.11 Å². The van der Waals surface area contributed by atoms with Gasteiger partial charge in [0, 0.05) is 10.7 Å². The standard InChI is InChI=1S/C11H8BrF3N2O/c12-8-3-7(11(13,14)15)4-10(5-8)17-2-1-9(6-18)16-17/h1-5,18H,6H2. The lowest BCUT2D eigenvalue weighted by Gasteiger charge is -2.10. The van der Waals surface area contributed by atoms with Gasteiger partial charge >= 0.3 is 6.18 Å². The van der Waals surface area contributed by atoms with E-state index < -0.39 is 11.7 Å². The number of hydrogen-bond acceptors (Lipinski definition) is 2. The second-order valence-electron chi connectivity index (χ2n) is 3.61. The van der Waals surface area contributed by atoms with Crippen molar-refractivity contribution in [1.29, 1.82) is 0 Å². The van der Waals surface area contributed by atoms with Crippen LogP contribution in [0.15, 0.2) is 34.9 Å². The largest absolute Gasteiger partial charge is 0.416 e. The van der Waals surface area contributed by atoms with Gasteiger partial charge in [-0.05, 0) is 24.3 Å². The van der Waals surface area contributed by atoms with Crippen LogP contribution in [0, 0.1) is 0 Å². The van der Waals surface area contributed by atoms with Crippen LogP contribution in [-0.4, -0.2) is 14.9 Å². The van der Waals surface area contributed by atoms with Crippen LogP contribution in [0.5, 0.6) is 0 Å². The molecule has 0 radical (unpaired) electrons. The van der Waals surface area contributed by atoms with Gasteiger partial charge in [-0.3, -0.25) is 0 Å². The summed E-state index contributed by atoms with van der Waals surface area (Å²) in [5.74, 6) is 0. The number of aliphatic hydroxyl groups excluding tert-OH is 1. The average molecular weight is 321 g/mol. The van der Waals surface area contributed by atoms with E-state index in [0.29, 0.717) is 10.2 Å². The molecule has 1 aromatic carbocycles. The lowest BCUT2D eigenvalue weighted by molar-refractivity contribution is -0.137. The maximum absolute atomic E-state index is 12.6. The van der Waals surface area contributed by atoms with E-state index in [1.165, 1.54) is 23.0 Å². The minimum absolute atomic E-state index is 0.257. The molecular formula is C11H8BrF3N2O. The summed E-state index contributed by atoms with van der Waals surface area (Å²) >= 11 is 3.04. The number of benzene rings is 1. The van der Waals surface area contributed by atoms with Gasteiger partial charge in [0.15, 0.2) is 0 Å². The normalized spacial score (nSPS) is 11.8. The molecule has 0 amide bonds. The number of halogens is 4. The molecule has 96 valence electrons. The number of aliphatic hydroxyl groups is 1. The zero-order chi connectivity index (χ0) is 13.3. The van der Waals surface area contributed by atoms with Crippen molar-refractivity contribution in [2.75, 3.05) is 0 Å². The first kappa shape index (κ1) is 13.1. The maximum Gasteiger partial charge on any atom is 0.416 e. The Bertz CT molecular complexity index is 566. The van der Waals surface area contributed by atoms with Gasteiger partial charge < -0.3 is 5.11 Å². The van der Waals surface area contributed by atoms with Crippen LogP contribution in [0.25, 0.3) is 5.69 Å². The lowest BCUT2D eigenvalue weighted by atomic mass is 10.2. The van der Waals surface area contributed by atoms with Gasteiger partial charge in [-0.15, -0.1) is 0 Å².